The van der Waals surface area contributed by atoms with Crippen LogP contribution in [0.4, 0.5) is 0 Å². The van der Waals surface area contributed by atoms with Crippen LogP contribution in [0.15, 0.2) is 24.3 Å². The quantitative estimate of drug-likeness (QED) is 0.691. The molecule has 1 unspecified atom stereocenters. The Morgan fingerprint density at radius 1 is 1.26 bits per heavy atom. The maximum absolute atomic E-state index is 12.9. The van der Waals surface area contributed by atoms with E-state index in [-0.39, 0.29) is 11.9 Å². The molecule has 1 aliphatic rings. The minimum Gasteiger partial charge on any atom is -0.336 e. The third kappa shape index (κ3) is 4.55. The fourth-order valence-electron chi connectivity index (χ4n) is 4.09. The molecule has 5 heteroatoms. The molecule has 1 atom stereocenters. The van der Waals surface area contributed by atoms with Crippen molar-refractivity contribution in [2.75, 3.05) is 6.54 Å². The normalized spacial score (nSPS) is 17.1. The molecule has 2 aromatic rings. The van der Waals surface area contributed by atoms with Crippen molar-refractivity contribution in [3.63, 3.8) is 0 Å². The molecule has 4 nitrogen and oxygen atoms in total. The summed E-state index contributed by atoms with van der Waals surface area (Å²) in [6.07, 6.45) is 3.39. The number of amides is 1. The van der Waals surface area contributed by atoms with Gasteiger partial charge in [-0.15, -0.1) is 0 Å². The zero-order valence-electron chi connectivity index (χ0n) is 16.8. The summed E-state index contributed by atoms with van der Waals surface area (Å²) >= 11 is 6.01. The summed E-state index contributed by atoms with van der Waals surface area (Å²) in [5.41, 5.74) is 4.66. The van der Waals surface area contributed by atoms with Gasteiger partial charge in [-0.05, 0) is 62.3 Å². The lowest BCUT2D eigenvalue weighted by Crippen LogP contribution is -2.30. The van der Waals surface area contributed by atoms with Crippen molar-refractivity contribution in [3.05, 3.63) is 51.8 Å². The first kappa shape index (κ1) is 19.9. The van der Waals surface area contributed by atoms with E-state index in [9.17, 15) is 4.79 Å². The zero-order valence-corrected chi connectivity index (χ0v) is 17.6. The largest absolute Gasteiger partial charge is 0.336 e. The molecule has 0 aliphatic carbocycles. The molecular weight excluding hydrogens is 358 g/mol. The van der Waals surface area contributed by atoms with Gasteiger partial charge in [0.1, 0.15) is 0 Å². The molecule has 1 amide bonds. The minimum atomic E-state index is 0.181. The summed E-state index contributed by atoms with van der Waals surface area (Å²) < 4.78 is 2.09. The van der Waals surface area contributed by atoms with Crippen LogP contribution in [0, 0.1) is 19.8 Å². The van der Waals surface area contributed by atoms with Gasteiger partial charge in [-0.3, -0.25) is 9.48 Å². The average molecular weight is 388 g/mol. The van der Waals surface area contributed by atoms with Crippen LogP contribution >= 0.6 is 11.6 Å². The summed E-state index contributed by atoms with van der Waals surface area (Å²) in [6, 6.07) is 8.09. The zero-order chi connectivity index (χ0) is 19.6. The van der Waals surface area contributed by atoms with Crippen LogP contribution in [0.1, 0.15) is 61.7 Å². The molecule has 0 bridgehead atoms. The lowest BCUT2D eigenvalue weighted by Gasteiger charge is -2.25. The lowest BCUT2D eigenvalue weighted by atomic mass is 10.0. The number of rotatable bonds is 6. The number of benzene rings is 1. The van der Waals surface area contributed by atoms with E-state index in [0.29, 0.717) is 12.3 Å². The predicted molar refractivity (Wildman–Crippen MR) is 110 cm³/mol. The smallest absolute Gasteiger partial charge is 0.223 e. The lowest BCUT2D eigenvalue weighted by molar-refractivity contribution is -0.132. The molecule has 1 aliphatic heterocycles. The number of hydrogen-bond donors (Lipinski definition) is 0. The number of carbonyl (C=O) groups is 1. The highest BCUT2D eigenvalue weighted by Crippen LogP contribution is 2.33. The Morgan fingerprint density at radius 2 is 1.96 bits per heavy atom. The van der Waals surface area contributed by atoms with Crippen molar-refractivity contribution in [1.82, 2.24) is 14.7 Å². The van der Waals surface area contributed by atoms with Crippen LogP contribution in [0.2, 0.25) is 5.02 Å². The molecule has 1 saturated heterocycles. The van der Waals surface area contributed by atoms with E-state index < -0.39 is 0 Å². The number of halogens is 1. The molecule has 1 aromatic carbocycles. The highest BCUT2D eigenvalue weighted by atomic mass is 35.5. The summed E-state index contributed by atoms with van der Waals surface area (Å²) in [4.78, 5) is 15.0. The van der Waals surface area contributed by atoms with Crippen LogP contribution in [0.5, 0.6) is 0 Å². The van der Waals surface area contributed by atoms with Gasteiger partial charge in [-0.25, -0.2) is 0 Å². The van der Waals surface area contributed by atoms with E-state index in [1.807, 2.05) is 29.2 Å². The number of aromatic nitrogens is 2. The second-order valence-corrected chi connectivity index (χ2v) is 8.46. The molecule has 3 rings (SSSR count). The van der Waals surface area contributed by atoms with Gasteiger partial charge >= 0.3 is 0 Å². The molecular formula is C22H30ClN3O. The van der Waals surface area contributed by atoms with E-state index in [0.717, 1.165) is 43.1 Å². The molecule has 0 radical (unpaired) electrons. The number of hydrogen-bond acceptors (Lipinski definition) is 2. The van der Waals surface area contributed by atoms with Crippen molar-refractivity contribution in [2.24, 2.45) is 5.92 Å². The molecule has 0 spiro atoms. The van der Waals surface area contributed by atoms with E-state index in [4.69, 9.17) is 11.6 Å². The Labute approximate surface area is 167 Å². The Kier molecular flexibility index (Phi) is 6.25. The Morgan fingerprint density at radius 3 is 2.63 bits per heavy atom. The van der Waals surface area contributed by atoms with Crippen molar-refractivity contribution in [1.29, 1.82) is 0 Å². The summed E-state index contributed by atoms with van der Waals surface area (Å²) in [5, 5.41) is 5.41. The van der Waals surface area contributed by atoms with Gasteiger partial charge in [0.15, 0.2) is 0 Å². The molecule has 1 fully saturated rings. The highest BCUT2D eigenvalue weighted by Gasteiger charge is 2.29. The summed E-state index contributed by atoms with van der Waals surface area (Å²) in [7, 11) is 0. The topological polar surface area (TPSA) is 38.1 Å². The average Bonchev–Trinajstić information content (AvgIpc) is 3.19. The van der Waals surface area contributed by atoms with Crippen LogP contribution in [0.25, 0.3) is 0 Å². The van der Waals surface area contributed by atoms with Crippen LogP contribution in [-0.2, 0) is 17.8 Å². The monoisotopic (exact) mass is 387 g/mol. The number of carbonyl (C=O) groups excluding carboxylic acids is 1. The third-order valence-electron chi connectivity index (χ3n) is 5.49. The molecule has 27 heavy (non-hydrogen) atoms. The van der Waals surface area contributed by atoms with E-state index >= 15 is 0 Å². The second-order valence-electron chi connectivity index (χ2n) is 8.02. The van der Waals surface area contributed by atoms with Gasteiger partial charge in [0, 0.05) is 30.2 Å². The summed E-state index contributed by atoms with van der Waals surface area (Å²) in [6.45, 7) is 10.3. The third-order valence-corrected chi connectivity index (χ3v) is 5.74. The Bertz CT molecular complexity index is 795. The van der Waals surface area contributed by atoms with Crippen LogP contribution < -0.4 is 0 Å². The van der Waals surface area contributed by atoms with Gasteiger partial charge in [0.2, 0.25) is 5.91 Å². The first-order valence-electron chi connectivity index (χ1n) is 9.94. The minimum absolute atomic E-state index is 0.181. The van der Waals surface area contributed by atoms with Crippen molar-refractivity contribution in [3.8, 4) is 0 Å². The maximum Gasteiger partial charge on any atom is 0.223 e. The van der Waals surface area contributed by atoms with E-state index in [1.54, 1.807) is 0 Å². The van der Waals surface area contributed by atoms with E-state index in [1.165, 1.54) is 16.8 Å². The fourth-order valence-corrected chi connectivity index (χ4v) is 4.22. The van der Waals surface area contributed by atoms with Crippen molar-refractivity contribution < 1.29 is 4.79 Å². The predicted octanol–water partition coefficient (Wildman–Crippen LogP) is 5.11. The molecule has 2 heterocycles. The summed E-state index contributed by atoms with van der Waals surface area (Å²) in [5.74, 6) is 0.796. The first-order chi connectivity index (χ1) is 12.9. The van der Waals surface area contributed by atoms with Crippen LogP contribution in [0.3, 0.4) is 0 Å². The van der Waals surface area contributed by atoms with Gasteiger partial charge in [0.05, 0.1) is 11.7 Å². The molecule has 1 aromatic heterocycles. The van der Waals surface area contributed by atoms with Crippen molar-refractivity contribution in [2.45, 2.75) is 66.0 Å². The number of nitrogens with zero attached hydrogens (tertiary/aromatic N) is 3. The van der Waals surface area contributed by atoms with Gasteiger partial charge < -0.3 is 4.90 Å². The van der Waals surface area contributed by atoms with E-state index in [2.05, 4.69) is 37.5 Å². The van der Waals surface area contributed by atoms with Crippen molar-refractivity contribution >= 4 is 17.5 Å². The maximum atomic E-state index is 12.9. The molecule has 0 saturated carbocycles. The van der Waals surface area contributed by atoms with Gasteiger partial charge in [0.25, 0.3) is 0 Å². The van der Waals surface area contributed by atoms with Gasteiger partial charge in [-0.2, -0.15) is 5.10 Å². The van der Waals surface area contributed by atoms with Gasteiger partial charge in [-0.1, -0.05) is 37.6 Å². The standard InChI is InChI=1S/C22H30ClN3O/c1-15(2)14-26-17(4)20(16(3)24-26)11-12-22(27)25-13-5-6-21(25)18-7-9-19(23)10-8-18/h7-10,15,21H,5-6,11-14H2,1-4H3. The van der Waals surface area contributed by atoms with Crippen LogP contribution in [-0.4, -0.2) is 27.1 Å². The second kappa shape index (κ2) is 8.47. The number of aryl methyl sites for hydroxylation is 1. The fraction of sp³-hybridized carbons (Fsp3) is 0.545. The SMILES string of the molecule is Cc1nn(CC(C)C)c(C)c1CCC(=O)N1CCCC1c1ccc(Cl)cc1. The first-order valence-corrected chi connectivity index (χ1v) is 10.3. The Balaban J connectivity index is 1.67. The molecule has 0 N–H and O–H groups in total. The highest BCUT2D eigenvalue weighted by molar-refractivity contribution is 6.30. The Hall–Kier alpha value is -1.81. The number of likely N-dealkylation sites (tertiary alicyclic amines) is 1. The molecule has 146 valence electrons.